The number of carbonyl (C=O) groups is 1. The minimum Gasteiger partial charge on any atom is -0.488 e. The Balaban J connectivity index is 0.00000100. The van der Waals surface area contributed by atoms with Crippen LogP contribution in [0.4, 0.5) is 5.69 Å². The fourth-order valence-corrected chi connectivity index (χ4v) is 2.50. The molecular weight excluding hydrogens is 322 g/mol. The van der Waals surface area contributed by atoms with Gasteiger partial charge in [0, 0.05) is 16.3 Å². The zero-order valence-electron chi connectivity index (χ0n) is 14.2. The van der Waals surface area contributed by atoms with E-state index in [1.54, 1.807) is 12.1 Å². The van der Waals surface area contributed by atoms with Crippen molar-refractivity contribution in [2.45, 2.75) is 27.2 Å². The van der Waals surface area contributed by atoms with E-state index in [1.807, 2.05) is 50.3 Å². The maximum absolute atomic E-state index is 12.3. The molecule has 0 fully saturated rings. The monoisotopic (exact) mass is 343 g/mol. The van der Waals surface area contributed by atoms with E-state index >= 15 is 0 Å². The van der Waals surface area contributed by atoms with Gasteiger partial charge in [0.2, 0.25) is 0 Å². The van der Waals surface area contributed by atoms with Gasteiger partial charge in [0.1, 0.15) is 12.4 Å². The molecule has 1 amide bonds. The van der Waals surface area contributed by atoms with E-state index in [9.17, 15) is 4.79 Å². The van der Waals surface area contributed by atoms with Crippen LogP contribution in [0.2, 0.25) is 5.02 Å². The van der Waals surface area contributed by atoms with Gasteiger partial charge in [-0.25, -0.2) is 0 Å². The van der Waals surface area contributed by atoms with Gasteiger partial charge in [-0.1, -0.05) is 44.5 Å². The molecule has 0 aromatic heterocycles. The van der Waals surface area contributed by atoms with Crippen LogP contribution in [0.15, 0.2) is 48.0 Å². The zero-order chi connectivity index (χ0) is 17.5. The third-order valence-corrected chi connectivity index (χ3v) is 3.83. The van der Waals surface area contributed by atoms with Gasteiger partial charge in [0.15, 0.2) is 0 Å². The maximum Gasteiger partial charge on any atom is 0.255 e. The normalized spacial score (nSPS) is 12.1. The topological polar surface area (TPSA) is 38.3 Å². The lowest BCUT2D eigenvalue weighted by atomic mass is 10.1. The number of aryl methyl sites for hydroxylation is 1. The van der Waals surface area contributed by atoms with Gasteiger partial charge in [0.25, 0.3) is 5.91 Å². The molecule has 1 heterocycles. The molecule has 1 N–H and O–H groups in total. The Morgan fingerprint density at radius 2 is 1.88 bits per heavy atom. The Hall–Kier alpha value is -2.26. The van der Waals surface area contributed by atoms with E-state index in [4.69, 9.17) is 16.3 Å². The Morgan fingerprint density at radius 3 is 2.54 bits per heavy atom. The minimum absolute atomic E-state index is 0.158. The first-order chi connectivity index (χ1) is 11.7. The third kappa shape index (κ3) is 4.39. The zero-order valence-corrected chi connectivity index (χ0v) is 15.0. The summed E-state index contributed by atoms with van der Waals surface area (Å²) in [6, 6.07) is 13.2. The summed E-state index contributed by atoms with van der Waals surface area (Å²) in [5.41, 5.74) is 3.42. The average molecular weight is 344 g/mol. The molecule has 0 bridgehead atoms. The molecule has 24 heavy (non-hydrogen) atoms. The molecule has 3 rings (SSSR count). The number of ether oxygens (including phenoxy) is 1. The summed E-state index contributed by atoms with van der Waals surface area (Å²) in [6.45, 7) is 6.36. The largest absolute Gasteiger partial charge is 0.488 e. The summed E-state index contributed by atoms with van der Waals surface area (Å²) < 4.78 is 5.60. The molecule has 2 aromatic carbocycles. The molecule has 1 aliphatic rings. The molecule has 0 saturated heterocycles. The van der Waals surface area contributed by atoms with Gasteiger partial charge in [-0.05, 0) is 48.4 Å². The van der Waals surface area contributed by atoms with E-state index in [1.165, 1.54) is 5.56 Å². The second kappa shape index (κ2) is 8.55. The highest BCUT2D eigenvalue weighted by Gasteiger charge is 2.17. The van der Waals surface area contributed by atoms with Crippen LogP contribution in [-0.4, -0.2) is 12.5 Å². The van der Waals surface area contributed by atoms with Gasteiger partial charge >= 0.3 is 0 Å². The van der Waals surface area contributed by atoms with E-state index in [-0.39, 0.29) is 12.5 Å². The maximum atomic E-state index is 12.3. The van der Waals surface area contributed by atoms with Crippen molar-refractivity contribution >= 4 is 29.3 Å². The molecule has 126 valence electrons. The quantitative estimate of drug-likeness (QED) is 0.816. The second-order valence-corrected chi connectivity index (χ2v) is 5.58. The standard InChI is InChI=1S/C18H16ClNO2.C2H6/c1-2-12-3-6-16(7-4-12)20-18(21)14-9-13-10-15(19)5-8-17(13)22-11-14;1-2/h3-10H,2,11H2,1H3,(H,20,21);1-2H3. The van der Waals surface area contributed by atoms with Crippen LogP contribution in [-0.2, 0) is 11.2 Å². The molecule has 4 heteroatoms. The molecule has 3 nitrogen and oxygen atoms in total. The molecule has 0 radical (unpaired) electrons. The number of hydrogen-bond acceptors (Lipinski definition) is 2. The Kier molecular flexibility index (Phi) is 6.44. The third-order valence-electron chi connectivity index (χ3n) is 3.60. The highest BCUT2D eigenvalue weighted by molar-refractivity contribution is 6.30. The first kappa shape index (κ1) is 18.1. The summed E-state index contributed by atoms with van der Waals surface area (Å²) in [5.74, 6) is 0.586. The molecule has 2 aromatic rings. The van der Waals surface area contributed by atoms with Gasteiger partial charge < -0.3 is 10.1 Å². The van der Waals surface area contributed by atoms with E-state index in [0.29, 0.717) is 10.6 Å². The van der Waals surface area contributed by atoms with E-state index in [0.717, 1.165) is 23.4 Å². The van der Waals surface area contributed by atoms with Crippen LogP contribution >= 0.6 is 11.6 Å². The highest BCUT2D eigenvalue weighted by Crippen LogP contribution is 2.29. The smallest absolute Gasteiger partial charge is 0.255 e. The van der Waals surface area contributed by atoms with Crippen molar-refractivity contribution in [1.82, 2.24) is 0 Å². The molecular formula is C20H22ClNO2. The lowest BCUT2D eigenvalue weighted by Crippen LogP contribution is -2.21. The van der Waals surface area contributed by atoms with E-state index in [2.05, 4.69) is 12.2 Å². The first-order valence-corrected chi connectivity index (χ1v) is 8.56. The highest BCUT2D eigenvalue weighted by atomic mass is 35.5. The number of hydrogen-bond donors (Lipinski definition) is 1. The fourth-order valence-electron chi connectivity index (χ4n) is 2.31. The molecule has 0 aliphatic carbocycles. The first-order valence-electron chi connectivity index (χ1n) is 8.19. The number of rotatable bonds is 3. The number of benzene rings is 2. The van der Waals surface area contributed by atoms with Crippen LogP contribution in [0.1, 0.15) is 31.9 Å². The number of anilines is 1. The molecule has 0 saturated carbocycles. The summed E-state index contributed by atoms with van der Waals surface area (Å²) in [5, 5.41) is 3.51. The predicted molar refractivity (Wildman–Crippen MR) is 101 cm³/mol. The Bertz CT molecular complexity index is 736. The van der Waals surface area contributed by atoms with Crippen molar-refractivity contribution in [3.05, 3.63) is 64.2 Å². The fraction of sp³-hybridized carbons (Fsp3) is 0.250. The van der Waals surface area contributed by atoms with E-state index < -0.39 is 0 Å². The van der Waals surface area contributed by atoms with Crippen LogP contribution in [0.25, 0.3) is 6.08 Å². The lowest BCUT2D eigenvalue weighted by Gasteiger charge is -2.18. The number of amides is 1. The van der Waals surface area contributed by atoms with Gasteiger partial charge in [-0.3, -0.25) is 4.79 Å². The predicted octanol–water partition coefficient (Wildman–Crippen LogP) is 5.34. The van der Waals surface area contributed by atoms with Gasteiger partial charge in [-0.15, -0.1) is 0 Å². The Morgan fingerprint density at radius 1 is 1.17 bits per heavy atom. The minimum atomic E-state index is -0.158. The lowest BCUT2D eigenvalue weighted by molar-refractivity contribution is -0.113. The second-order valence-electron chi connectivity index (χ2n) is 5.15. The van der Waals surface area contributed by atoms with Crippen molar-refractivity contribution in [2.75, 3.05) is 11.9 Å². The van der Waals surface area contributed by atoms with Crippen molar-refractivity contribution in [2.24, 2.45) is 0 Å². The molecule has 0 spiro atoms. The summed E-state index contributed by atoms with van der Waals surface area (Å²) in [4.78, 5) is 12.3. The van der Waals surface area contributed by atoms with Crippen molar-refractivity contribution < 1.29 is 9.53 Å². The molecule has 0 atom stereocenters. The summed E-state index contributed by atoms with van der Waals surface area (Å²) in [7, 11) is 0. The summed E-state index contributed by atoms with van der Waals surface area (Å²) >= 11 is 5.98. The number of halogens is 1. The number of nitrogens with one attached hydrogen (secondary N) is 1. The SMILES string of the molecule is CC.CCc1ccc(NC(=O)C2=Cc3cc(Cl)ccc3OC2)cc1. The summed E-state index contributed by atoms with van der Waals surface area (Å²) in [6.07, 6.45) is 2.80. The van der Waals surface area contributed by atoms with Crippen LogP contribution in [0.3, 0.4) is 0 Å². The molecule has 0 unspecified atom stereocenters. The van der Waals surface area contributed by atoms with Crippen LogP contribution < -0.4 is 10.1 Å². The van der Waals surface area contributed by atoms with Crippen molar-refractivity contribution in [3.8, 4) is 5.75 Å². The Labute approximate surface area is 148 Å². The van der Waals surface area contributed by atoms with Gasteiger partial charge in [-0.2, -0.15) is 0 Å². The number of fused-ring (bicyclic) bond motifs is 1. The van der Waals surface area contributed by atoms with Crippen molar-refractivity contribution in [1.29, 1.82) is 0 Å². The van der Waals surface area contributed by atoms with Crippen molar-refractivity contribution in [3.63, 3.8) is 0 Å². The van der Waals surface area contributed by atoms with Crippen LogP contribution in [0, 0.1) is 0 Å². The van der Waals surface area contributed by atoms with Gasteiger partial charge in [0.05, 0.1) is 5.57 Å². The molecule has 1 aliphatic heterocycles. The average Bonchev–Trinajstić information content (AvgIpc) is 2.63. The van der Waals surface area contributed by atoms with Crippen LogP contribution in [0.5, 0.6) is 5.75 Å². The number of carbonyl (C=O) groups excluding carboxylic acids is 1.